The predicted molar refractivity (Wildman–Crippen MR) is 63.2 cm³/mol. The Morgan fingerprint density at radius 2 is 2.25 bits per heavy atom. The first-order valence-corrected chi connectivity index (χ1v) is 4.79. The molecule has 3 N–H and O–H groups in total. The number of nitrogens with one attached hydrogen (secondary N) is 1. The van der Waals surface area contributed by atoms with Crippen molar-refractivity contribution in [3.05, 3.63) is 23.8 Å². The standard InChI is InChI=1S/C12H14N2O2/c1-3-4-5-14-12(15)9-6-10(13)8-11(7-9)16-2/h6-8H,5,13H2,1-2H3,(H,14,15). The molecule has 0 spiro atoms. The number of nitrogen functional groups attached to an aromatic ring is 1. The number of hydrogen-bond acceptors (Lipinski definition) is 3. The van der Waals surface area contributed by atoms with Crippen LogP contribution in [0.5, 0.6) is 5.75 Å². The summed E-state index contributed by atoms with van der Waals surface area (Å²) >= 11 is 0. The number of anilines is 1. The van der Waals surface area contributed by atoms with Gasteiger partial charge in [-0.3, -0.25) is 4.79 Å². The highest BCUT2D eigenvalue weighted by Gasteiger charge is 2.06. The summed E-state index contributed by atoms with van der Waals surface area (Å²) in [5.74, 6) is 5.79. The van der Waals surface area contributed by atoms with Gasteiger partial charge in [-0.1, -0.05) is 5.92 Å². The van der Waals surface area contributed by atoms with Crippen LogP contribution in [-0.4, -0.2) is 19.6 Å². The SMILES string of the molecule is CC#CCNC(=O)c1cc(N)cc(OC)c1. The number of carbonyl (C=O) groups excluding carboxylic acids is 1. The minimum atomic E-state index is -0.214. The molecular formula is C12H14N2O2. The lowest BCUT2D eigenvalue weighted by Gasteiger charge is -2.06. The molecule has 0 aliphatic rings. The van der Waals surface area contributed by atoms with Crippen molar-refractivity contribution in [3.8, 4) is 17.6 Å². The summed E-state index contributed by atoms with van der Waals surface area (Å²) < 4.78 is 5.02. The third kappa shape index (κ3) is 3.21. The van der Waals surface area contributed by atoms with Crippen molar-refractivity contribution in [2.75, 3.05) is 19.4 Å². The predicted octanol–water partition coefficient (Wildman–Crippen LogP) is 1.03. The van der Waals surface area contributed by atoms with Crippen molar-refractivity contribution in [2.45, 2.75) is 6.92 Å². The molecule has 0 aliphatic carbocycles. The summed E-state index contributed by atoms with van der Waals surface area (Å²) in [4.78, 5) is 11.6. The van der Waals surface area contributed by atoms with Gasteiger partial charge in [0.1, 0.15) is 5.75 Å². The fraction of sp³-hybridized carbons (Fsp3) is 0.250. The van der Waals surface area contributed by atoms with E-state index in [0.29, 0.717) is 23.5 Å². The average molecular weight is 218 g/mol. The van der Waals surface area contributed by atoms with Crippen LogP contribution in [0.25, 0.3) is 0 Å². The number of ether oxygens (including phenoxy) is 1. The van der Waals surface area contributed by atoms with Gasteiger partial charge < -0.3 is 15.8 Å². The van der Waals surface area contributed by atoms with Crippen LogP contribution in [0.4, 0.5) is 5.69 Å². The van der Waals surface area contributed by atoms with Gasteiger partial charge in [-0.05, 0) is 19.1 Å². The first-order valence-electron chi connectivity index (χ1n) is 4.79. The monoisotopic (exact) mass is 218 g/mol. The minimum Gasteiger partial charge on any atom is -0.497 e. The van der Waals surface area contributed by atoms with E-state index in [1.807, 2.05) is 0 Å². The molecular weight excluding hydrogens is 204 g/mol. The maximum Gasteiger partial charge on any atom is 0.252 e. The van der Waals surface area contributed by atoms with Crippen LogP contribution in [0.15, 0.2) is 18.2 Å². The number of amides is 1. The Labute approximate surface area is 94.8 Å². The molecule has 0 saturated heterocycles. The molecule has 0 saturated carbocycles. The average Bonchev–Trinajstić information content (AvgIpc) is 2.28. The summed E-state index contributed by atoms with van der Waals surface area (Å²) in [5, 5.41) is 2.65. The molecule has 1 rings (SSSR count). The van der Waals surface area contributed by atoms with Crippen LogP contribution in [-0.2, 0) is 0 Å². The van der Waals surface area contributed by atoms with Crippen molar-refractivity contribution in [1.29, 1.82) is 0 Å². The van der Waals surface area contributed by atoms with Gasteiger partial charge in [-0.25, -0.2) is 0 Å². The fourth-order valence-corrected chi connectivity index (χ4v) is 1.19. The van der Waals surface area contributed by atoms with Gasteiger partial charge in [0.2, 0.25) is 0 Å². The molecule has 0 heterocycles. The molecule has 4 nitrogen and oxygen atoms in total. The van der Waals surface area contributed by atoms with E-state index in [2.05, 4.69) is 17.2 Å². The van der Waals surface area contributed by atoms with Crippen molar-refractivity contribution < 1.29 is 9.53 Å². The van der Waals surface area contributed by atoms with E-state index in [1.165, 1.54) is 7.11 Å². The first kappa shape index (κ1) is 11.9. The third-order valence-electron chi connectivity index (χ3n) is 1.94. The van der Waals surface area contributed by atoms with Crippen LogP contribution >= 0.6 is 0 Å². The molecule has 0 bridgehead atoms. The van der Waals surface area contributed by atoms with Gasteiger partial charge in [-0.2, -0.15) is 0 Å². The molecule has 1 amide bonds. The highest BCUT2D eigenvalue weighted by molar-refractivity contribution is 5.95. The smallest absolute Gasteiger partial charge is 0.252 e. The van der Waals surface area contributed by atoms with E-state index < -0.39 is 0 Å². The maximum atomic E-state index is 11.6. The summed E-state index contributed by atoms with van der Waals surface area (Å²) in [6.45, 7) is 2.04. The number of nitrogens with two attached hydrogens (primary N) is 1. The molecule has 0 aromatic heterocycles. The Balaban J connectivity index is 2.81. The largest absolute Gasteiger partial charge is 0.497 e. The van der Waals surface area contributed by atoms with Crippen LogP contribution in [0.2, 0.25) is 0 Å². The van der Waals surface area contributed by atoms with Crippen molar-refractivity contribution in [3.63, 3.8) is 0 Å². The molecule has 0 aliphatic heterocycles. The van der Waals surface area contributed by atoms with Crippen molar-refractivity contribution in [2.24, 2.45) is 0 Å². The van der Waals surface area contributed by atoms with Gasteiger partial charge in [0.25, 0.3) is 5.91 Å². The Kier molecular flexibility index (Phi) is 4.22. The van der Waals surface area contributed by atoms with E-state index in [1.54, 1.807) is 25.1 Å². The summed E-state index contributed by atoms with van der Waals surface area (Å²) in [6.07, 6.45) is 0. The minimum absolute atomic E-state index is 0.214. The normalized spacial score (nSPS) is 8.88. The molecule has 0 unspecified atom stereocenters. The lowest BCUT2D eigenvalue weighted by molar-refractivity contribution is 0.0958. The lowest BCUT2D eigenvalue weighted by atomic mass is 10.2. The van der Waals surface area contributed by atoms with Gasteiger partial charge in [0, 0.05) is 17.3 Å². The molecule has 1 aromatic carbocycles. The Morgan fingerprint density at radius 1 is 1.50 bits per heavy atom. The molecule has 4 heteroatoms. The van der Waals surface area contributed by atoms with Crippen molar-refractivity contribution in [1.82, 2.24) is 5.32 Å². The number of hydrogen-bond donors (Lipinski definition) is 2. The molecule has 0 radical (unpaired) electrons. The summed E-state index contributed by atoms with van der Waals surface area (Å²) in [6, 6.07) is 4.88. The summed E-state index contributed by atoms with van der Waals surface area (Å²) in [5.41, 5.74) is 6.60. The van der Waals surface area contributed by atoms with Crippen LogP contribution in [0.3, 0.4) is 0 Å². The van der Waals surface area contributed by atoms with Gasteiger partial charge >= 0.3 is 0 Å². The molecule has 1 aromatic rings. The fourth-order valence-electron chi connectivity index (χ4n) is 1.19. The molecule has 16 heavy (non-hydrogen) atoms. The third-order valence-corrected chi connectivity index (χ3v) is 1.94. The maximum absolute atomic E-state index is 11.6. The first-order chi connectivity index (χ1) is 7.67. The highest BCUT2D eigenvalue weighted by atomic mass is 16.5. The molecule has 0 fully saturated rings. The van der Waals surface area contributed by atoms with Crippen LogP contribution < -0.4 is 15.8 Å². The Bertz CT molecular complexity index is 444. The second-order valence-electron chi connectivity index (χ2n) is 3.10. The number of rotatable bonds is 3. The number of methoxy groups -OCH3 is 1. The highest BCUT2D eigenvalue weighted by Crippen LogP contribution is 2.18. The zero-order valence-corrected chi connectivity index (χ0v) is 9.33. The second-order valence-corrected chi connectivity index (χ2v) is 3.10. The van der Waals surface area contributed by atoms with Gasteiger partial charge in [0.15, 0.2) is 0 Å². The Morgan fingerprint density at radius 3 is 2.88 bits per heavy atom. The van der Waals surface area contributed by atoms with Gasteiger partial charge in [-0.15, -0.1) is 5.92 Å². The van der Waals surface area contributed by atoms with Crippen molar-refractivity contribution >= 4 is 11.6 Å². The van der Waals surface area contributed by atoms with E-state index in [9.17, 15) is 4.79 Å². The van der Waals surface area contributed by atoms with E-state index in [4.69, 9.17) is 10.5 Å². The quantitative estimate of drug-likeness (QED) is 0.588. The topological polar surface area (TPSA) is 64.4 Å². The lowest BCUT2D eigenvalue weighted by Crippen LogP contribution is -2.23. The second kappa shape index (κ2) is 5.66. The van der Waals surface area contributed by atoms with Gasteiger partial charge in [0.05, 0.1) is 13.7 Å². The zero-order chi connectivity index (χ0) is 12.0. The number of benzene rings is 1. The number of carbonyl (C=O) groups is 1. The molecule has 0 atom stereocenters. The molecule has 84 valence electrons. The van der Waals surface area contributed by atoms with Crippen LogP contribution in [0, 0.1) is 11.8 Å². The van der Waals surface area contributed by atoms with Crippen LogP contribution in [0.1, 0.15) is 17.3 Å². The Hall–Kier alpha value is -2.15. The van der Waals surface area contributed by atoms with E-state index in [-0.39, 0.29) is 5.91 Å². The van der Waals surface area contributed by atoms with E-state index in [0.717, 1.165) is 0 Å². The zero-order valence-electron chi connectivity index (χ0n) is 9.33. The summed E-state index contributed by atoms with van der Waals surface area (Å²) in [7, 11) is 1.53. The van der Waals surface area contributed by atoms with E-state index >= 15 is 0 Å².